The van der Waals surface area contributed by atoms with Crippen LogP contribution in [0.2, 0.25) is 0 Å². The quantitative estimate of drug-likeness (QED) is 0.738. The van der Waals surface area contributed by atoms with E-state index in [9.17, 15) is 9.90 Å². The molecule has 3 N–H and O–H groups in total. The van der Waals surface area contributed by atoms with Gasteiger partial charge in [-0.3, -0.25) is 0 Å². The van der Waals surface area contributed by atoms with Crippen LogP contribution in [0.4, 0.5) is 0 Å². The van der Waals surface area contributed by atoms with Crippen LogP contribution in [0.5, 0.6) is 0 Å². The molecule has 0 atom stereocenters. The molecule has 5 nitrogen and oxygen atoms in total. The lowest BCUT2D eigenvalue weighted by molar-refractivity contribution is -0.157. The highest BCUT2D eigenvalue weighted by Gasteiger charge is 2.51. The van der Waals surface area contributed by atoms with Gasteiger partial charge in [-0.05, 0) is 31.5 Å². The number of H-pyrrole nitrogens is 2. The maximum absolute atomic E-state index is 11.2. The molecule has 1 saturated heterocycles. The lowest BCUT2D eigenvalue weighted by atomic mass is 9.67. The first-order valence-corrected chi connectivity index (χ1v) is 5.95. The number of ether oxygens (including phenoxy) is 1. The van der Waals surface area contributed by atoms with E-state index in [0.29, 0.717) is 13.2 Å². The van der Waals surface area contributed by atoms with Gasteiger partial charge in [0, 0.05) is 0 Å². The van der Waals surface area contributed by atoms with Crippen molar-refractivity contribution >= 4 is 11.0 Å². The van der Waals surface area contributed by atoms with E-state index in [1.807, 2.05) is 18.2 Å². The van der Waals surface area contributed by atoms with Crippen LogP contribution in [-0.2, 0) is 10.2 Å². The third-order valence-corrected chi connectivity index (χ3v) is 3.94. The fourth-order valence-corrected chi connectivity index (χ4v) is 2.51. The van der Waals surface area contributed by atoms with E-state index in [2.05, 4.69) is 9.97 Å². The van der Waals surface area contributed by atoms with Crippen LogP contribution in [0.15, 0.2) is 23.0 Å². The first-order chi connectivity index (χ1) is 8.42. The number of imidazole rings is 1. The SMILES string of the molecule is CC(C)(O)C1(c2ccc3[nH]c(=O)[nH]c3c2)COC1. The van der Waals surface area contributed by atoms with Gasteiger partial charge < -0.3 is 19.8 Å². The van der Waals surface area contributed by atoms with E-state index in [4.69, 9.17) is 4.74 Å². The van der Waals surface area contributed by atoms with E-state index >= 15 is 0 Å². The lowest BCUT2D eigenvalue weighted by Crippen LogP contribution is -2.60. The zero-order valence-electron chi connectivity index (χ0n) is 10.4. The molecule has 96 valence electrons. The Hall–Kier alpha value is -1.59. The number of hydrogen-bond donors (Lipinski definition) is 3. The van der Waals surface area contributed by atoms with Crippen LogP contribution in [0.25, 0.3) is 11.0 Å². The number of rotatable bonds is 2. The summed E-state index contributed by atoms with van der Waals surface area (Å²) in [6, 6.07) is 5.70. The molecule has 1 aliphatic rings. The molecule has 1 aliphatic heterocycles. The number of aromatic nitrogens is 2. The predicted molar refractivity (Wildman–Crippen MR) is 67.7 cm³/mol. The van der Waals surface area contributed by atoms with Gasteiger partial charge in [-0.1, -0.05) is 6.07 Å². The molecule has 0 amide bonds. The van der Waals surface area contributed by atoms with Crippen molar-refractivity contribution in [1.82, 2.24) is 9.97 Å². The lowest BCUT2D eigenvalue weighted by Gasteiger charge is -2.50. The Morgan fingerprint density at radius 3 is 2.50 bits per heavy atom. The highest BCUT2D eigenvalue weighted by Crippen LogP contribution is 2.42. The molecule has 2 heterocycles. The van der Waals surface area contributed by atoms with Crippen molar-refractivity contribution in [3.63, 3.8) is 0 Å². The van der Waals surface area contributed by atoms with Gasteiger partial charge in [-0.2, -0.15) is 0 Å². The first-order valence-electron chi connectivity index (χ1n) is 5.95. The van der Waals surface area contributed by atoms with Gasteiger partial charge in [0.15, 0.2) is 0 Å². The summed E-state index contributed by atoms with van der Waals surface area (Å²) in [5.74, 6) is 0. The van der Waals surface area contributed by atoms with Gasteiger partial charge in [0.25, 0.3) is 0 Å². The summed E-state index contributed by atoms with van der Waals surface area (Å²) in [6.45, 7) is 4.58. The first kappa shape index (κ1) is 11.5. The maximum Gasteiger partial charge on any atom is 0.323 e. The molecule has 1 fully saturated rings. The Kier molecular flexibility index (Phi) is 2.21. The molecule has 0 aliphatic carbocycles. The molecule has 18 heavy (non-hydrogen) atoms. The van der Waals surface area contributed by atoms with E-state index < -0.39 is 11.0 Å². The van der Waals surface area contributed by atoms with Gasteiger partial charge in [0.2, 0.25) is 0 Å². The summed E-state index contributed by atoms with van der Waals surface area (Å²) in [4.78, 5) is 16.7. The molecule has 0 unspecified atom stereocenters. The van der Waals surface area contributed by atoms with Crippen LogP contribution >= 0.6 is 0 Å². The monoisotopic (exact) mass is 248 g/mol. The second-order valence-electron chi connectivity index (χ2n) is 5.47. The van der Waals surface area contributed by atoms with Crippen molar-refractivity contribution in [3.05, 3.63) is 34.2 Å². The maximum atomic E-state index is 11.2. The fraction of sp³-hybridized carbons (Fsp3) is 0.462. The average Bonchev–Trinajstić information content (AvgIpc) is 2.52. The topological polar surface area (TPSA) is 78.1 Å². The smallest absolute Gasteiger partial charge is 0.323 e. The Labute approximate surface area is 104 Å². The summed E-state index contributed by atoms with van der Waals surface area (Å²) in [5.41, 5.74) is 1.04. The van der Waals surface area contributed by atoms with Crippen molar-refractivity contribution in [1.29, 1.82) is 0 Å². The Bertz CT molecular complexity index is 644. The largest absolute Gasteiger partial charge is 0.389 e. The summed E-state index contributed by atoms with van der Waals surface area (Å²) in [7, 11) is 0. The number of nitrogens with one attached hydrogen (secondary N) is 2. The molecule has 0 radical (unpaired) electrons. The fourth-order valence-electron chi connectivity index (χ4n) is 2.51. The molecular weight excluding hydrogens is 232 g/mol. The molecule has 3 rings (SSSR count). The number of aliphatic hydroxyl groups is 1. The van der Waals surface area contributed by atoms with E-state index in [1.54, 1.807) is 13.8 Å². The van der Waals surface area contributed by atoms with Crippen LogP contribution in [0.1, 0.15) is 19.4 Å². The van der Waals surface area contributed by atoms with Crippen molar-refractivity contribution in [2.45, 2.75) is 24.9 Å². The highest BCUT2D eigenvalue weighted by molar-refractivity contribution is 5.75. The van der Waals surface area contributed by atoms with Crippen LogP contribution in [-0.4, -0.2) is 33.9 Å². The van der Waals surface area contributed by atoms with Crippen LogP contribution in [0, 0.1) is 0 Å². The number of benzene rings is 1. The Morgan fingerprint density at radius 1 is 1.28 bits per heavy atom. The van der Waals surface area contributed by atoms with Crippen molar-refractivity contribution < 1.29 is 9.84 Å². The van der Waals surface area contributed by atoms with E-state index in [-0.39, 0.29) is 5.69 Å². The van der Waals surface area contributed by atoms with Crippen molar-refractivity contribution in [3.8, 4) is 0 Å². The summed E-state index contributed by atoms with van der Waals surface area (Å²) < 4.78 is 5.30. The molecule has 2 aromatic rings. The molecule has 0 bridgehead atoms. The molecular formula is C13H16N2O3. The van der Waals surface area contributed by atoms with Gasteiger partial charge in [0.1, 0.15) is 0 Å². The third kappa shape index (κ3) is 1.44. The minimum absolute atomic E-state index is 0.218. The van der Waals surface area contributed by atoms with E-state index in [1.165, 1.54) is 0 Å². The molecule has 1 aromatic carbocycles. The van der Waals surface area contributed by atoms with Crippen LogP contribution in [0.3, 0.4) is 0 Å². The molecule has 1 aromatic heterocycles. The Morgan fingerprint density at radius 2 is 1.94 bits per heavy atom. The zero-order chi connectivity index (χ0) is 13.0. The molecule has 5 heteroatoms. The molecule has 0 saturated carbocycles. The summed E-state index contributed by atoms with van der Waals surface area (Å²) in [6.07, 6.45) is 0. The third-order valence-electron chi connectivity index (χ3n) is 3.94. The minimum atomic E-state index is -0.866. The van der Waals surface area contributed by atoms with Gasteiger partial charge >= 0.3 is 5.69 Å². The van der Waals surface area contributed by atoms with Gasteiger partial charge in [0.05, 0.1) is 35.3 Å². The normalized spacial score (nSPS) is 18.8. The number of hydrogen-bond acceptors (Lipinski definition) is 3. The zero-order valence-corrected chi connectivity index (χ0v) is 10.4. The van der Waals surface area contributed by atoms with E-state index in [0.717, 1.165) is 16.6 Å². The minimum Gasteiger partial charge on any atom is -0.389 e. The molecule has 0 spiro atoms. The standard InChI is InChI=1S/C13H16N2O3/c1-12(2,17)13(6-18-7-13)8-3-4-9-10(5-8)15-11(16)14-9/h3-5,17H,6-7H2,1-2H3,(H2,14,15,16). The van der Waals surface area contributed by atoms with Crippen molar-refractivity contribution in [2.24, 2.45) is 0 Å². The second-order valence-corrected chi connectivity index (χ2v) is 5.47. The summed E-state index contributed by atoms with van der Waals surface area (Å²) >= 11 is 0. The van der Waals surface area contributed by atoms with Crippen LogP contribution < -0.4 is 5.69 Å². The average molecular weight is 248 g/mol. The Balaban J connectivity index is 2.16. The number of aromatic amines is 2. The van der Waals surface area contributed by atoms with Gasteiger partial charge in [-0.25, -0.2) is 4.79 Å². The predicted octanol–water partition coefficient (Wildman–Crippen LogP) is 0.895. The second kappa shape index (κ2) is 3.46. The van der Waals surface area contributed by atoms with Gasteiger partial charge in [-0.15, -0.1) is 0 Å². The summed E-state index contributed by atoms with van der Waals surface area (Å²) in [5, 5.41) is 10.4. The highest BCUT2D eigenvalue weighted by atomic mass is 16.5. The van der Waals surface area contributed by atoms with Crippen molar-refractivity contribution in [2.75, 3.05) is 13.2 Å². The number of fused-ring (bicyclic) bond motifs is 1.